The number of aryl methyl sites for hydroxylation is 1. The zero-order valence-electron chi connectivity index (χ0n) is 12.6. The maximum absolute atomic E-state index is 12.1. The summed E-state index contributed by atoms with van der Waals surface area (Å²) >= 11 is 0. The van der Waals surface area contributed by atoms with Gasteiger partial charge in [-0.05, 0) is 43.2 Å². The summed E-state index contributed by atoms with van der Waals surface area (Å²) < 4.78 is 1.10. The molecule has 1 saturated carbocycles. The van der Waals surface area contributed by atoms with Gasteiger partial charge >= 0.3 is 0 Å². The van der Waals surface area contributed by atoms with E-state index in [-0.39, 0.29) is 23.1 Å². The summed E-state index contributed by atoms with van der Waals surface area (Å²) in [6.45, 7) is 0. The van der Waals surface area contributed by atoms with E-state index in [0.29, 0.717) is 11.4 Å². The number of carbonyl (C=O) groups excluding carboxylic acids is 2. The molecule has 2 aromatic rings. The minimum absolute atomic E-state index is 0.0381. The number of carbonyl (C=O) groups is 2. The topological polar surface area (TPSA) is 93.1 Å². The Bertz CT molecular complexity index is 807. The van der Waals surface area contributed by atoms with E-state index in [9.17, 15) is 14.4 Å². The number of hydrogen-bond acceptors (Lipinski definition) is 4. The Morgan fingerprint density at radius 2 is 1.65 bits per heavy atom. The molecule has 2 amide bonds. The van der Waals surface area contributed by atoms with Crippen LogP contribution in [0.2, 0.25) is 0 Å². The smallest absolute Gasteiger partial charge is 0.276 e. The van der Waals surface area contributed by atoms with Crippen molar-refractivity contribution in [3.8, 4) is 0 Å². The average Bonchev–Trinajstić information content (AvgIpc) is 3.36. The molecular formula is C16H16N4O3. The van der Waals surface area contributed by atoms with Gasteiger partial charge in [0.1, 0.15) is 5.69 Å². The molecule has 118 valence electrons. The molecule has 1 fully saturated rings. The molecule has 0 atom stereocenters. The Labute approximate surface area is 132 Å². The summed E-state index contributed by atoms with van der Waals surface area (Å²) in [4.78, 5) is 35.0. The summed E-state index contributed by atoms with van der Waals surface area (Å²) in [5, 5.41) is 9.41. The summed E-state index contributed by atoms with van der Waals surface area (Å²) in [5.74, 6) is -0.225. The van der Waals surface area contributed by atoms with E-state index < -0.39 is 5.91 Å². The lowest BCUT2D eigenvalue weighted by atomic mass is 10.2. The molecule has 1 aliphatic carbocycles. The van der Waals surface area contributed by atoms with Gasteiger partial charge in [-0.25, -0.2) is 4.68 Å². The Morgan fingerprint density at radius 1 is 1.04 bits per heavy atom. The third kappa shape index (κ3) is 3.63. The van der Waals surface area contributed by atoms with Gasteiger partial charge in [-0.1, -0.05) is 0 Å². The van der Waals surface area contributed by atoms with Crippen LogP contribution in [0, 0.1) is 5.92 Å². The molecule has 1 aromatic heterocycles. The molecule has 0 aliphatic heterocycles. The van der Waals surface area contributed by atoms with Gasteiger partial charge in [-0.15, -0.1) is 0 Å². The first-order valence-corrected chi connectivity index (χ1v) is 7.29. The van der Waals surface area contributed by atoms with Crippen molar-refractivity contribution >= 4 is 23.2 Å². The van der Waals surface area contributed by atoms with E-state index in [0.717, 1.165) is 17.5 Å². The molecule has 0 bridgehead atoms. The highest BCUT2D eigenvalue weighted by Crippen LogP contribution is 2.30. The van der Waals surface area contributed by atoms with Crippen molar-refractivity contribution in [2.45, 2.75) is 12.8 Å². The first-order valence-electron chi connectivity index (χ1n) is 7.29. The van der Waals surface area contributed by atoms with Crippen LogP contribution in [0.25, 0.3) is 0 Å². The van der Waals surface area contributed by atoms with E-state index >= 15 is 0 Å². The number of aromatic nitrogens is 2. The monoisotopic (exact) mass is 312 g/mol. The van der Waals surface area contributed by atoms with Crippen LogP contribution >= 0.6 is 0 Å². The predicted octanol–water partition coefficient (Wildman–Crippen LogP) is 1.38. The fourth-order valence-corrected chi connectivity index (χ4v) is 2.05. The summed E-state index contributed by atoms with van der Waals surface area (Å²) in [6, 6.07) is 9.51. The molecule has 0 spiro atoms. The van der Waals surface area contributed by atoms with Crippen molar-refractivity contribution in [2.24, 2.45) is 13.0 Å². The third-order valence-electron chi connectivity index (χ3n) is 3.55. The highest BCUT2D eigenvalue weighted by atomic mass is 16.2. The summed E-state index contributed by atoms with van der Waals surface area (Å²) in [6.07, 6.45) is 1.90. The van der Waals surface area contributed by atoms with Gasteiger partial charge in [-0.3, -0.25) is 14.4 Å². The zero-order valence-corrected chi connectivity index (χ0v) is 12.6. The molecule has 1 aliphatic rings. The number of benzene rings is 1. The number of rotatable bonds is 4. The summed E-state index contributed by atoms with van der Waals surface area (Å²) in [5.41, 5.74) is 1.14. The Kier molecular flexibility index (Phi) is 3.92. The Morgan fingerprint density at radius 3 is 2.22 bits per heavy atom. The lowest BCUT2D eigenvalue weighted by molar-refractivity contribution is -0.117. The van der Waals surface area contributed by atoms with Gasteiger partial charge in [0.15, 0.2) is 0 Å². The van der Waals surface area contributed by atoms with Gasteiger partial charge in [0.05, 0.1) is 0 Å². The molecule has 7 nitrogen and oxygen atoms in total. The Hall–Kier alpha value is -2.96. The van der Waals surface area contributed by atoms with Crippen molar-refractivity contribution in [3.63, 3.8) is 0 Å². The standard InChI is InChI=1S/C16H16N4O3/c1-20-14(21)9-8-13(19-20)16(23)18-12-6-4-11(5-7-12)17-15(22)10-2-3-10/h4-10H,2-3H2,1H3,(H,17,22)(H,18,23). The van der Waals surface area contributed by atoms with E-state index in [2.05, 4.69) is 15.7 Å². The van der Waals surface area contributed by atoms with Gasteiger partial charge in [0.25, 0.3) is 11.5 Å². The molecule has 1 heterocycles. The highest BCUT2D eigenvalue weighted by Gasteiger charge is 2.29. The van der Waals surface area contributed by atoms with Gasteiger partial charge in [-0.2, -0.15) is 5.10 Å². The van der Waals surface area contributed by atoms with Crippen molar-refractivity contribution in [1.82, 2.24) is 9.78 Å². The third-order valence-corrected chi connectivity index (χ3v) is 3.55. The maximum atomic E-state index is 12.1. The summed E-state index contributed by atoms with van der Waals surface area (Å²) in [7, 11) is 1.48. The largest absolute Gasteiger partial charge is 0.326 e. The quantitative estimate of drug-likeness (QED) is 0.892. The number of anilines is 2. The van der Waals surface area contributed by atoms with Gasteiger partial charge in [0.2, 0.25) is 5.91 Å². The van der Waals surface area contributed by atoms with Crippen molar-refractivity contribution in [2.75, 3.05) is 10.6 Å². The first kappa shape index (κ1) is 15.0. The van der Waals surface area contributed by atoms with Crippen molar-refractivity contribution in [3.05, 3.63) is 52.4 Å². The average molecular weight is 312 g/mol. The molecule has 7 heteroatoms. The minimum Gasteiger partial charge on any atom is -0.326 e. The first-order chi connectivity index (χ1) is 11.0. The number of amides is 2. The number of nitrogens with one attached hydrogen (secondary N) is 2. The zero-order chi connectivity index (χ0) is 16.4. The van der Waals surface area contributed by atoms with Crippen LogP contribution in [0.15, 0.2) is 41.2 Å². The molecule has 0 saturated heterocycles. The SMILES string of the molecule is Cn1nc(C(=O)Nc2ccc(NC(=O)C3CC3)cc2)ccc1=O. The molecule has 23 heavy (non-hydrogen) atoms. The second-order valence-corrected chi connectivity index (χ2v) is 5.48. The van der Waals surface area contributed by atoms with Crippen LogP contribution in [-0.2, 0) is 11.8 Å². The van der Waals surface area contributed by atoms with E-state index in [1.165, 1.54) is 19.2 Å². The normalized spacial score (nSPS) is 13.4. The minimum atomic E-state index is -0.407. The highest BCUT2D eigenvalue weighted by molar-refractivity contribution is 6.03. The van der Waals surface area contributed by atoms with Gasteiger partial charge in [0, 0.05) is 30.4 Å². The van der Waals surface area contributed by atoms with E-state index in [1.807, 2.05) is 0 Å². The van der Waals surface area contributed by atoms with E-state index in [4.69, 9.17) is 0 Å². The van der Waals surface area contributed by atoms with Crippen LogP contribution in [0.4, 0.5) is 11.4 Å². The molecule has 3 rings (SSSR count). The van der Waals surface area contributed by atoms with Crippen LogP contribution in [0.5, 0.6) is 0 Å². The Balaban J connectivity index is 1.65. The second-order valence-electron chi connectivity index (χ2n) is 5.48. The fourth-order valence-electron chi connectivity index (χ4n) is 2.05. The van der Waals surface area contributed by atoms with Crippen LogP contribution in [0.3, 0.4) is 0 Å². The lowest BCUT2D eigenvalue weighted by Crippen LogP contribution is -2.23. The van der Waals surface area contributed by atoms with Gasteiger partial charge < -0.3 is 10.6 Å². The molecule has 2 N–H and O–H groups in total. The van der Waals surface area contributed by atoms with Crippen LogP contribution in [-0.4, -0.2) is 21.6 Å². The molecule has 0 unspecified atom stereocenters. The second kappa shape index (κ2) is 6.04. The molecule has 0 radical (unpaired) electrons. The van der Waals surface area contributed by atoms with Crippen LogP contribution < -0.4 is 16.2 Å². The van der Waals surface area contributed by atoms with E-state index in [1.54, 1.807) is 24.3 Å². The van der Waals surface area contributed by atoms with Crippen LogP contribution in [0.1, 0.15) is 23.3 Å². The molecular weight excluding hydrogens is 296 g/mol. The lowest BCUT2D eigenvalue weighted by Gasteiger charge is -2.07. The molecule has 1 aromatic carbocycles. The maximum Gasteiger partial charge on any atom is 0.276 e. The van der Waals surface area contributed by atoms with Crippen molar-refractivity contribution < 1.29 is 9.59 Å². The van der Waals surface area contributed by atoms with Crippen molar-refractivity contribution in [1.29, 1.82) is 0 Å². The number of hydrogen-bond donors (Lipinski definition) is 2. The fraction of sp³-hybridized carbons (Fsp3) is 0.250. The predicted molar refractivity (Wildman–Crippen MR) is 85.2 cm³/mol. The number of nitrogens with zero attached hydrogens (tertiary/aromatic N) is 2.